The SMILES string of the molecule is COc1ccc(NC(=S)Nc2cc(C)cc(C)n2)c(OC)c1. The van der Waals surface area contributed by atoms with Gasteiger partial charge in [-0.15, -0.1) is 0 Å². The van der Waals surface area contributed by atoms with Crippen LogP contribution in [0.25, 0.3) is 0 Å². The number of aryl methyl sites for hydroxylation is 2. The van der Waals surface area contributed by atoms with E-state index in [4.69, 9.17) is 21.7 Å². The van der Waals surface area contributed by atoms with Crippen molar-refractivity contribution in [3.8, 4) is 11.5 Å². The first-order valence-electron chi connectivity index (χ1n) is 6.77. The van der Waals surface area contributed by atoms with Gasteiger partial charge in [0.15, 0.2) is 5.11 Å². The van der Waals surface area contributed by atoms with E-state index in [-0.39, 0.29) is 0 Å². The zero-order valence-electron chi connectivity index (χ0n) is 13.1. The first-order valence-corrected chi connectivity index (χ1v) is 7.18. The summed E-state index contributed by atoms with van der Waals surface area (Å²) in [5.74, 6) is 2.08. The molecule has 1 aromatic carbocycles. The van der Waals surface area contributed by atoms with E-state index in [9.17, 15) is 0 Å². The van der Waals surface area contributed by atoms with Crippen molar-refractivity contribution in [1.82, 2.24) is 4.98 Å². The molecule has 1 aromatic heterocycles. The molecular weight excluding hydrogens is 298 g/mol. The second-order valence-electron chi connectivity index (χ2n) is 4.82. The van der Waals surface area contributed by atoms with Gasteiger partial charge in [0.05, 0.1) is 19.9 Å². The van der Waals surface area contributed by atoms with Gasteiger partial charge in [0, 0.05) is 11.8 Å². The molecule has 0 aliphatic carbocycles. The number of anilines is 2. The van der Waals surface area contributed by atoms with Crippen LogP contribution >= 0.6 is 12.2 Å². The fourth-order valence-electron chi connectivity index (χ4n) is 2.08. The van der Waals surface area contributed by atoms with Crippen LogP contribution in [0.4, 0.5) is 11.5 Å². The van der Waals surface area contributed by atoms with E-state index >= 15 is 0 Å². The van der Waals surface area contributed by atoms with Crippen LogP contribution in [0.15, 0.2) is 30.3 Å². The van der Waals surface area contributed by atoms with Crippen molar-refractivity contribution in [2.24, 2.45) is 0 Å². The van der Waals surface area contributed by atoms with Crippen molar-refractivity contribution in [2.75, 3.05) is 24.9 Å². The highest BCUT2D eigenvalue weighted by Gasteiger charge is 2.07. The molecule has 0 aliphatic rings. The Kier molecular flexibility index (Phi) is 5.16. The molecule has 0 unspecified atom stereocenters. The predicted octanol–water partition coefficient (Wildman–Crippen LogP) is 3.52. The normalized spacial score (nSPS) is 10.0. The Morgan fingerprint density at radius 3 is 2.45 bits per heavy atom. The molecular formula is C16H19N3O2S. The smallest absolute Gasteiger partial charge is 0.176 e. The largest absolute Gasteiger partial charge is 0.497 e. The highest BCUT2D eigenvalue weighted by Crippen LogP contribution is 2.29. The number of ether oxygens (including phenoxy) is 2. The molecule has 0 spiro atoms. The van der Waals surface area contributed by atoms with Gasteiger partial charge in [0.25, 0.3) is 0 Å². The van der Waals surface area contributed by atoms with Crippen molar-refractivity contribution >= 4 is 28.8 Å². The highest BCUT2D eigenvalue weighted by molar-refractivity contribution is 7.80. The van der Waals surface area contributed by atoms with Crippen LogP contribution in [-0.4, -0.2) is 24.3 Å². The average Bonchev–Trinajstić information content (AvgIpc) is 2.46. The Bertz CT molecular complexity index is 669. The number of benzene rings is 1. The van der Waals surface area contributed by atoms with Gasteiger partial charge >= 0.3 is 0 Å². The second kappa shape index (κ2) is 7.09. The second-order valence-corrected chi connectivity index (χ2v) is 5.22. The summed E-state index contributed by atoms with van der Waals surface area (Å²) < 4.78 is 10.5. The minimum absolute atomic E-state index is 0.445. The van der Waals surface area contributed by atoms with Crippen molar-refractivity contribution in [2.45, 2.75) is 13.8 Å². The van der Waals surface area contributed by atoms with Crippen LogP contribution in [-0.2, 0) is 0 Å². The van der Waals surface area contributed by atoms with E-state index in [1.165, 1.54) is 0 Å². The summed E-state index contributed by atoms with van der Waals surface area (Å²) in [5.41, 5.74) is 2.82. The van der Waals surface area contributed by atoms with Gasteiger partial charge in [-0.1, -0.05) is 0 Å². The lowest BCUT2D eigenvalue weighted by Crippen LogP contribution is -2.20. The van der Waals surface area contributed by atoms with Gasteiger partial charge < -0.3 is 20.1 Å². The minimum atomic E-state index is 0.445. The fraction of sp³-hybridized carbons (Fsp3) is 0.250. The Morgan fingerprint density at radius 2 is 1.82 bits per heavy atom. The third-order valence-electron chi connectivity index (χ3n) is 3.00. The fourth-order valence-corrected chi connectivity index (χ4v) is 2.29. The summed E-state index contributed by atoms with van der Waals surface area (Å²) in [6.45, 7) is 3.96. The Labute approximate surface area is 135 Å². The summed E-state index contributed by atoms with van der Waals surface area (Å²) in [4.78, 5) is 4.40. The van der Waals surface area contributed by atoms with Gasteiger partial charge in [0.1, 0.15) is 17.3 Å². The van der Waals surface area contributed by atoms with Crippen molar-refractivity contribution < 1.29 is 9.47 Å². The zero-order valence-corrected chi connectivity index (χ0v) is 13.9. The van der Waals surface area contributed by atoms with E-state index in [0.717, 1.165) is 22.7 Å². The third-order valence-corrected chi connectivity index (χ3v) is 3.20. The van der Waals surface area contributed by atoms with E-state index in [0.29, 0.717) is 16.7 Å². The maximum atomic E-state index is 5.33. The standard InChI is InChI=1S/C16H19N3O2S/c1-10-7-11(2)17-15(8-10)19-16(22)18-13-6-5-12(20-3)9-14(13)21-4/h5-9H,1-4H3,(H2,17,18,19,22). The molecule has 5 nitrogen and oxygen atoms in total. The zero-order chi connectivity index (χ0) is 16.1. The van der Waals surface area contributed by atoms with Crippen molar-refractivity contribution in [3.05, 3.63) is 41.6 Å². The Morgan fingerprint density at radius 1 is 1.05 bits per heavy atom. The number of rotatable bonds is 4. The molecule has 2 aromatic rings. The van der Waals surface area contributed by atoms with Crippen LogP contribution in [0.3, 0.4) is 0 Å². The molecule has 0 fully saturated rings. The van der Waals surface area contributed by atoms with Crippen LogP contribution in [0.2, 0.25) is 0 Å². The Balaban J connectivity index is 2.11. The van der Waals surface area contributed by atoms with E-state index in [1.54, 1.807) is 20.3 Å². The lowest BCUT2D eigenvalue weighted by Gasteiger charge is -2.14. The van der Waals surface area contributed by atoms with Gasteiger partial charge in [-0.3, -0.25) is 0 Å². The molecule has 2 rings (SSSR count). The predicted molar refractivity (Wildman–Crippen MR) is 93.1 cm³/mol. The molecule has 116 valence electrons. The molecule has 1 heterocycles. The van der Waals surface area contributed by atoms with Crippen molar-refractivity contribution in [3.63, 3.8) is 0 Å². The minimum Gasteiger partial charge on any atom is -0.497 e. The molecule has 6 heteroatoms. The maximum absolute atomic E-state index is 5.33. The lowest BCUT2D eigenvalue weighted by molar-refractivity contribution is 0.395. The lowest BCUT2D eigenvalue weighted by atomic mass is 10.2. The molecule has 0 aliphatic heterocycles. The average molecular weight is 317 g/mol. The first-order chi connectivity index (χ1) is 10.5. The number of nitrogens with one attached hydrogen (secondary N) is 2. The first kappa shape index (κ1) is 16.0. The monoisotopic (exact) mass is 317 g/mol. The van der Waals surface area contributed by atoms with Crippen molar-refractivity contribution in [1.29, 1.82) is 0 Å². The summed E-state index contributed by atoms with van der Waals surface area (Å²) in [5, 5.41) is 6.62. The van der Waals surface area contributed by atoms with Crippen LogP contribution in [0.5, 0.6) is 11.5 Å². The molecule has 0 saturated carbocycles. The van der Waals surface area contributed by atoms with E-state index in [1.807, 2.05) is 38.1 Å². The summed E-state index contributed by atoms with van der Waals surface area (Å²) in [7, 11) is 3.21. The number of methoxy groups -OCH3 is 2. The number of aromatic nitrogens is 1. The number of pyridine rings is 1. The molecule has 22 heavy (non-hydrogen) atoms. The molecule has 2 N–H and O–H groups in total. The molecule has 0 amide bonds. The van der Waals surface area contributed by atoms with Gasteiger partial charge in [-0.05, 0) is 55.9 Å². The molecule has 0 radical (unpaired) electrons. The van der Waals surface area contributed by atoms with Gasteiger partial charge in [0.2, 0.25) is 0 Å². The third kappa shape index (κ3) is 4.08. The number of nitrogens with zero attached hydrogens (tertiary/aromatic N) is 1. The van der Waals surface area contributed by atoms with E-state index < -0.39 is 0 Å². The highest BCUT2D eigenvalue weighted by atomic mass is 32.1. The quantitative estimate of drug-likeness (QED) is 0.842. The molecule has 0 saturated heterocycles. The maximum Gasteiger partial charge on any atom is 0.176 e. The summed E-state index contributed by atoms with van der Waals surface area (Å²) in [6, 6.07) is 9.42. The summed E-state index contributed by atoms with van der Waals surface area (Å²) in [6.07, 6.45) is 0. The van der Waals surface area contributed by atoms with E-state index in [2.05, 4.69) is 15.6 Å². The number of hydrogen-bond donors (Lipinski definition) is 2. The number of thiocarbonyl (C=S) groups is 1. The van der Waals surface area contributed by atoms with Crippen LogP contribution in [0.1, 0.15) is 11.3 Å². The summed E-state index contributed by atoms with van der Waals surface area (Å²) >= 11 is 5.32. The number of hydrogen-bond acceptors (Lipinski definition) is 4. The Hall–Kier alpha value is -2.34. The van der Waals surface area contributed by atoms with Crippen LogP contribution in [0, 0.1) is 13.8 Å². The van der Waals surface area contributed by atoms with Gasteiger partial charge in [-0.25, -0.2) is 4.98 Å². The molecule has 0 atom stereocenters. The molecule has 0 bridgehead atoms. The van der Waals surface area contributed by atoms with Crippen LogP contribution < -0.4 is 20.1 Å². The topological polar surface area (TPSA) is 55.4 Å². The van der Waals surface area contributed by atoms with Gasteiger partial charge in [-0.2, -0.15) is 0 Å².